The molecule has 0 bridgehead atoms. The van der Waals surface area contributed by atoms with Crippen LogP contribution < -0.4 is 0 Å². The molecule has 1 atom stereocenters. The number of hydrogen-bond acceptors (Lipinski definition) is 3. The van der Waals surface area contributed by atoms with Gasteiger partial charge in [-0.15, -0.1) is 6.42 Å². The molecule has 1 rings (SSSR count). The zero-order valence-corrected chi connectivity index (χ0v) is 11.4. The van der Waals surface area contributed by atoms with Crippen molar-refractivity contribution in [3.63, 3.8) is 0 Å². The van der Waals surface area contributed by atoms with Gasteiger partial charge in [-0.25, -0.2) is 4.79 Å². The van der Waals surface area contributed by atoms with Crippen LogP contribution in [-0.2, 0) is 9.53 Å². The van der Waals surface area contributed by atoms with Crippen LogP contribution in [0.2, 0.25) is 0 Å². The van der Waals surface area contributed by atoms with E-state index in [2.05, 4.69) is 5.92 Å². The van der Waals surface area contributed by atoms with Gasteiger partial charge in [0.25, 0.3) is 0 Å². The van der Waals surface area contributed by atoms with Crippen LogP contribution in [0.5, 0.6) is 0 Å². The number of ether oxygens (including phenoxy) is 1. The Morgan fingerprint density at radius 3 is 2.61 bits per heavy atom. The molecule has 1 fully saturated rings. The molecule has 1 aliphatic rings. The Bertz CT molecular complexity index is 362. The second-order valence-electron chi connectivity index (χ2n) is 5.53. The van der Waals surface area contributed by atoms with E-state index in [1.165, 1.54) is 4.90 Å². The van der Waals surface area contributed by atoms with E-state index < -0.39 is 17.7 Å². The number of terminal acetylenes is 1. The highest BCUT2D eigenvalue weighted by molar-refractivity contribution is 5.89. The first-order valence-electron chi connectivity index (χ1n) is 6.31. The highest BCUT2D eigenvalue weighted by Crippen LogP contribution is 2.21. The third kappa shape index (κ3) is 4.06. The molecule has 0 N–H and O–H groups in total. The van der Waals surface area contributed by atoms with E-state index in [4.69, 9.17) is 11.2 Å². The number of ketones is 1. The van der Waals surface area contributed by atoms with Crippen molar-refractivity contribution in [2.24, 2.45) is 0 Å². The molecule has 4 nitrogen and oxygen atoms in total. The fourth-order valence-corrected chi connectivity index (χ4v) is 2.02. The summed E-state index contributed by atoms with van der Waals surface area (Å²) in [5.74, 6) is 2.28. The Morgan fingerprint density at radius 1 is 1.39 bits per heavy atom. The molecule has 0 aromatic heterocycles. The van der Waals surface area contributed by atoms with Crippen LogP contribution in [0.1, 0.15) is 46.5 Å². The molecule has 0 aromatic rings. The highest BCUT2D eigenvalue weighted by Gasteiger charge is 2.33. The molecule has 1 saturated heterocycles. The smallest absolute Gasteiger partial charge is 0.410 e. The van der Waals surface area contributed by atoms with Crippen LogP contribution in [-0.4, -0.2) is 35.0 Å². The average Bonchev–Trinajstić information content (AvgIpc) is 2.27. The van der Waals surface area contributed by atoms with Crippen molar-refractivity contribution in [1.29, 1.82) is 0 Å². The van der Waals surface area contributed by atoms with Crippen LogP contribution >= 0.6 is 0 Å². The Labute approximate surface area is 109 Å². The third-order valence-corrected chi connectivity index (χ3v) is 2.78. The molecule has 0 radical (unpaired) electrons. The van der Waals surface area contributed by atoms with E-state index in [-0.39, 0.29) is 12.2 Å². The van der Waals surface area contributed by atoms with Crippen LogP contribution in [0, 0.1) is 12.3 Å². The van der Waals surface area contributed by atoms with Crippen LogP contribution in [0.25, 0.3) is 0 Å². The maximum Gasteiger partial charge on any atom is 0.410 e. The number of hydrogen-bond donors (Lipinski definition) is 0. The molecule has 0 saturated carbocycles. The summed E-state index contributed by atoms with van der Waals surface area (Å²) in [5, 5.41) is 0. The number of piperidine rings is 1. The van der Waals surface area contributed by atoms with Gasteiger partial charge in [-0.2, -0.15) is 0 Å². The molecule has 0 aromatic carbocycles. The topological polar surface area (TPSA) is 46.6 Å². The lowest BCUT2D eigenvalue weighted by molar-refractivity contribution is -0.124. The number of amides is 1. The Hall–Kier alpha value is -1.50. The molecular weight excluding hydrogens is 230 g/mol. The fourth-order valence-electron chi connectivity index (χ4n) is 2.02. The second kappa shape index (κ2) is 5.90. The third-order valence-electron chi connectivity index (χ3n) is 2.78. The number of carbonyl (C=O) groups excluding carboxylic acids is 2. The summed E-state index contributed by atoms with van der Waals surface area (Å²) in [6, 6.07) is -0.412. The molecule has 1 aliphatic heterocycles. The average molecular weight is 251 g/mol. The number of nitrogens with zero attached hydrogens (tertiary/aromatic N) is 1. The molecule has 1 heterocycles. The summed E-state index contributed by atoms with van der Waals surface area (Å²) >= 11 is 0. The zero-order valence-electron chi connectivity index (χ0n) is 11.4. The van der Waals surface area contributed by atoms with E-state index in [0.29, 0.717) is 13.0 Å². The minimum atomic E-state index is -0.547. The fraction of sp³-hybridized carbons (Fsp3) is 0.714. The Kier molecular flexibility index (Phi) is 4.77. The van der Waals surface area contributed by atoms with Gasteiger partial charge in [-0.3, -0.25) is 9.69 Å². The zero-order chi connectivity index (χ0) is 13.8. The van der Waals surface area contributed by atoms with Crippen LogP contribution in [0.4, 0.5) is 4.79 Å². The van der Waals surface area contributed by atoms with Crippen molar-refractivity contribution in [2.45, 2.75) is 58.1 Å². The number of likely N-dealkylation sites (tertiary alicyclic amines) is 1. The van der Waals surface area contributed by atoms with Crippen LogP contribution in [0.3, 0.4) is 0 Å². The minimum Gasteiger partial charge on any atom is -0.444 e. The van der Waals surface area contributed by atoms with Gasteiger partial charge in [0.2, 0.25) is 0 Å². The monoisotopic (exact) mass is 251 g/mol. The number of rotatable bonds is 2. The second-order valence-corrected chi connectivity index (χ2v) is 5.53. The molecule has 100 valence electrons. The predicted molar refractivity (Wildman–Crippen MR) is 69.0 cm³/mol. The van der Waals surface area contributed by atoms with Crippen molar-refractivity contribution in [3.05, 3.63) is 0 Å². The lowest BCUT2D eigenvalue weighted by Crippen LogP contribution is -2.49. The number of Topliss-reactive ketones (excluding diaryl/α,β-unsaturated/α-hetero) is 1. The van der Waals surface area contributed by atoms with E-state index in [9.17, 15) is 9.59 Å². The van der Waals surface area contributed by atoms with E-state index in [0.717, 1.165) is 12.8 Å². The van der Waals surface area contributed by atoms with Gasteiger partial charge in [0.1, 0.15) is 5.60 Å². The summed E-state index contributed by atoms with van der Waals surface area (Å²) < 4.78 is 5.32. The molecular formula is C14H21NO3. The van der Waals surface area contributed by atoms with E-state index in [1.54, 1.807) is 0 Å². The normalized spacial score (nSPS) is 20.1. The molecule has 4 heteroatoms. The van der Waals surface area contributed by atoms with Gasteiger partial charge < -0.3 is 4.74 Å². The van der Waals surface area contributed by atoms with E-state index >= 15 is 0 Å². The van der Waals surface area contributed by atoms with Gasteiger partial charge in [0.15, 0.2) is 5.78 Å². The van der Waals surface area contributed by atoms with Gasteiger partial charge in [0, 0.05) is 6.54 Å². The lowest BCUT2D eigenvalue weighted by Gasteiger charge is -2.35. The maximum atomic E-state index is 12.0. The highest BCUT2D eigenvalue weighted by atomic mass is 16.6. The SMILES string of the molecule is C#CCC(=O)[C@H]1CCCCN1C(=O)OC(C)(C)C. The Morgan fingerprint density at radius 2 is 2.06 bits per heavy atom. The van der Waals surface area contributed by atoms with Gasteiger partial charge >= 0.3 is 6.09 Å². The summed E-state index contributed by atoms with van der Waals surface area (Å²) in [7, 11) is 0. The maximum absolute atomic E-state index is 12.0. The standard InChI is InChI=1S/C14H21NO3/c1-5-8-12(16)11-9-6-7-10-15(11)13(17)18-14(2,3)4/h1,11H,6-10H2,2-4H3/t11-/m1/s1. The summed E-state index contributed by atoms with van der Waals surface area (Å²) in [5.41, 5.74) is -0.547. The molecule has 1 amide bonds. The Balaban J connectivity index is 2.73. The minimum absolute atomic E-state index is 0.0666. The van der Waals surface area contributed by atoms with Gasteiger partial charge in [-0.1, -0.05) is 5.92 Å². The van der Waals surface area contributed by atoms with Gasteiger partial charge in [0.05, 0.1) is 12.5 Å². The quantitative estimate of drug-likeness (QED) is 0.708. The van der Waals surface area contributed by atoms with E-state index in [1.807, 2.05) is 20.8 Å². The van der Waals surface area contributed by atoms with Crippen molar-refractivity contribution in [1.82, 2.24) is 4.90 Å². The first-order chi connectivity index (χ1) is 8.35. The van der Waals surface area contributed by atoms with Crippen molar-refractivity contribution >= 4 is 11.9 Å². The van der Waals surface area contributed by atoms with Crippen molar-refractivity contribution < 1.29 is 14.3 Å². The molecule has 0 unspecified atom stereocenters. The van der Waals surface area contributed by atoms with Crippen molar-refractivity contribution in [2.75, 3.05) is 6.54 Å². The van der Waals surface area contributed by atoms with Crippen LogP contribution in [0.15, 0.2) is 0 Å². The summed E-state index contributed by atoms with van der Waals surface area (Å²) in [6.45, 7) is 6.00. The first-order valence-corrected chi connectivity index (χ1v) is 6.31. The summed E-state index contributed by atoms with van der Waals surface area (Å²) in [4.78, 5) is 25.4. The first kappa shape index (κ1) is 14.6. The van der Waals surface area contributed by atoms with Gasteiger partial charge in [-0.05, 0) is 40.0 Å². The van der Waals surface area contributed by atoms with Crippen molar-refractivity contribution in [3.8, 4) is 12.3 Å². The molecule has 0 spiro atoms. The predicted octanol–water partition coefficient (Wildman–Crippen LogP) is 2.37. The largest absolute Gasteiger partial charge is 0.444 e. The summed E-state index contributed by atoms with van der Waals surface area (Å²) in [6.07, 6.45) is 7.34. The lowest BCUT2D eigenvalue weighted by atomic mass is 9.97. The molecule has 0 aliphatic carbocycles. The molecule has 18 heavy (non-hydrogen) atoms. The number of carbonyl (C=O) groups is 2.